The van der Waals surface area contributed by atoms with Crippen molar-refractivity contribution in [3.8, 4) is 0 Å². The van der Waals surface area contributed by atoms with Gasteiger partial charge in [0.2, 0.25) is 5.91 Å². The Morgan fingerprint density at radius 3 is 2.00 bits per heavy atom. The number of benzene rings is 1. The lowest BCUT2D eigenvalue weighted by atomic mass is 10.0. The molecule has 0 aliphatic carbocycles. The summed E-state index contributed by atoms with van der Waals surface area (Å²) < 4.78 is 83.3. The first-order chi connectivity index (χ1) is 14.2. The maximum absolute atomic E-state index is 13.1. The van der Waals surface area contributed by atoms with Crippen molar-refractivity contribution in [2.75, 3.05) is 18.4 Å². The lowest BCUT2D eigenvalue weighted by molar-refractivity contribution is -0.143. The molecule has 0 bridgehead atoms. The first kappa shape index (κ1) is 24.2. The molecule has 1 aromatic heterocycles. The van der Waals surface area contributed by atoms with E-state index in [1.165, 1.54) is 6.07 Å². The van der Waals surface area contributed by atoms with Crippen LogP contribution in [0.2, 0.25) is 0 Å². The average molecular weight is 451 g/mol. The van der Waals surface area contributed by atoms with Gasteiger partial charge >= 0.3 is 12.4 Å². The molecule has 0 unspecified atom stereocenters. The number of hydrogen-bond acceptors (Lipinski definition) is 4. The molecule has 0 aliphatic heterocycles. The molecule has 0 saturated carbocycles. The topological polar surface area (TPSA) is 75.4 Å². The first-order valence-corrected chi connectivity index (χ1v) is 8.98. The molecule has 1 N–H and O–H groups in total. The van der Waals surface area contributed by atoms with E-state index in [9.17, 15) is 35.9 Å². The minimum Gasteiger partial charge on any atom is -0.360 e. The number of carbonyl (C=O) groups excluding carboxylic acids is 2. The normalized spacial score (nSPS) is 12.2. The molecule has 0 aliphatic rings. The second-order valence-electron chi connectivity index (χ2n) is 7.25. The largest absolute Gasteiger partial charge is 0.416 e. The number of anilines is 1. The van der Waals surface area contributed by atoms with E-state index in [1.807, 2.05) is 0 Å². The van der Waals surface area contributed by atoms with E-state index in [-0.39, 0.29) is 24.3 Å². The van der Waals surface area contributed by atoms with Crippen LogP contribution >= 0.6 is 0 Å². The van der Waals surface area contributed by atoms with Crippen LogP contribution in [0.1, 0.15) is 41.1 Å². The Hall–Kier alpha value is -3.05. The molecule has 0 saturated heterocycles. The van der Waals surface area contributed by atoms with E-state index in [0.29, 0.717) is 17.9 Å². The monoisotopic (exact) mass is 451 g/mol. The number of aryl methyl sites for hydroxylation is 1. The third-order valence-electron chi connectivity index (χ3n) is 3.94. The molecule has 2 aromatic rings. The van der Waals surface area contributed by atoms with Gasteiger partial charge in [0, 0.05) is 18.2 Å². The molecule has 1 heterocycles. The predicted octanol–water partition coefficient (Wildman–Crippen LogP) is 4.76. The highest BCUT2D eigenvalue weighted by atomic mass is 19.4. The number of hydrogen-bond donors (Lipinski definition) is 1. The number of alkyl halides is 6. The van der Waals surface area contributed by atoms with Crippen LogP contribution in [0.25, 0.3) is 0 Å². The molecule has 12 heteroatoms. The smallest absolute Gasteiger partial charge is 0.360 e. The third kappa shape index (κ3) is 6.72. The summed E-state index contributed by atoms with van der Waals surface area (Å²) in [6, 6.07) is 2.01. The number of halogens is 6. The minimum atomic E-state index is -5.10. The van der Waals surface area contributed by atoms with E-state index >= 15 is 0 Å². The number of nitrogens with one attached hydrogen (secondary N) is 1. The van der Waals surface area contributed by atoms with Crippen molar-refractivity contribution in [2.45, 2.75) is 33.1 Å². The molecule has 31 heavy (non-hydrogen) atoms. The number of aromatic nitrogens is 1. The predicted molar refractivity (Wildman–Crippen MR) is 97.1 cm³/mol. The van der Waals surface area contributed by atoms with Gasteiger partial charge < -0.3 is 14.7 Å². The number of carbonyl (C=O) groups is 2. The molecule has 2 rings (SSSR count). The fourth-order valence-corrected chi connectivity index (χ4v) is 2.70. The van der Waals surface area contributed by atoms with E-state index < -0.39 is 47.4 Å². The van der Waals surface area contributed by atoms with Crippen molar-refractivity contribution >= 4 is 17.6 Å². The Balaban J connectivity index is 2.36. The molecule has 0 spiro atoms. The summed E-state index contributed by atoms with van der Waals surface area (Å²) in [6.45, 7) is 4.23. The Kier molecular flexibility index (Phi) is 7.02. The second kappa shape index (κ2) is 8.98. The van der Waals surface area contributed by atoms with Crippen LogP contribution in [0.5, 0.6) is 0 Å². The summed E-state index contributed by atoms with van der Waals surface area (Å²) in [7, 11) is 0. The van der Waals surface area contributed by atoms with Crippen molar-refractivity contribution < 1.29 is 40.5 Å². The highest BCUT2D eigenvalue weighted by molar-refractivity contribution is 5.99. The molecular formula is C19H19F6N3O3. The van der Waals surface area contributed by atoms with Crippen LogP contribution in [-0.2, 0) is 17.1 Å². The lowest BCUT2D eigenvalue weighted by Gasteiger charge is -2.25. The van der Waals surface area contributed by atoms with Gasteiger partial charge in [0.05, 0.1) is 11.1 Å². The van der Waals surface area contributed by atoms with Crippen molar-refractivity contribution in [1.82, 2.24) is 10.1 Å². The molecule has 0 atom stereocenters. The van der Waals surface area contributed by atoms with Gasteiger partial charge in [0.25, 0.3) is 5.91 Å². The van der Waals surface area contributed by atoms with Crippen LogP contribution in [0.15, 0.2) is 28.8 Å². The van der Waals surface area contributed by atoms with Crippen molar-refractivity contribution in [3.05, 3.63) is 46.7 Å². The maximum Gasteiger partial charge on any atom is 0.416 e. The zero-order valence-electron chi connectivity index (χ0n) is 16.7. The minimum absolute atomic E-state index is 0.0536. The van der Waals surface area contributed by atoms with E-state index in [0.717, 1.165) is 4.90 Å². The lowest BCUT2D eigenvalue weighted by Crippen LogP contribution is -2.40. The number of nitrogens with zero attached hydrogens (tertiary/aromatic N) is 2. The van der Waals surface area contributed by atoms with Crippen LogP contribution in [0.3, 0.4) is 0 Å². The molecular weight excluding hydrogens is 432 g/mol. The van der Waals surface area contributed by atoms with Gasteiger partial charge in [0.1, 0.15) is 12.3 Å². The summed E-state index contributed by atoms with van der Waals surface area (Å²) in [6.07, 6.45) is -10.2. The molecule has 2 amide bonds. The Morgan fingerprint density at radius 2 is 1.58 bits per heavy atom. The molecule has 6 nitrogen and oxygen atoms in total. The van der Waals surface area contributed by atoms with Crippen LogP contribution < -0.4 is 5.32 Å². The molecule has 1 aromatic carbocycles. The molecule has 170 valence electrons. The van der Waals surface area contributed by atoms with Gasteiger partial charge in [-0.25, -0.2) is 0 Å². The highest BCUT2D eigenvalue weighted by Gasteiger charge is 2.38. The SMILES string of the molecule is Cc1cc(NC(=O)CN(CC(C)C)C(=O)c2cc(C(F)(F)F)cc(C(F)(F)F)c2)no1. The Morgan fingerprint density at radius 1 is 1.03 bits per heavy atom. The number of amides is 2. The summed E-state index contributed by atoms with van der Waals surface area (Å²) in [5.41, 5.74) is -4.05. The number of rotatable bonds is 6. The Labute approximate surface area is 173 Å². The van der Waals surface area contributed by atoms with E-state index in [2.05, 4.69) is 10.5 Å². The van der Waals surface area contributed by atoms with Gasteiger partial charge in [-0.3, -0.25) is 9.59 Å². The van der Waals surface area contributed by atoms with Crippen LogP contribution in [0, 0.1) is 12.8 Å². The Bertz CT molecular complexity index is 918. The molecule has 0 fully saturated rings. The highest BCUT2D eigenvalue weighted by Crippen LogP contribution is 2.36. The fourth-order valence-electron chi connectivity index (χ4n) is 2.70. The van der Waals surface area contributed by atoms with Gasteiger partial charge in [-0.2, -0.15) is 26.3 Å². The van der Waals surface area contributed by atoms with Gasteiger partial charge in [-0.05, 0) is 31.0 Å². The zero-order chi connectivity index (χ0) is 23.6. The first-order valence-electron chi connectivity index (χ1n) is 8.98. The second-order valence-corrected chi connectivity index (χ2v) is 7.25. The fraction of sp³-hybridized carbons (Fsp3) is 0.421. The van der Waals surface area contributed by atoms with Gasteiger partial charge in [-0.1, -0.05) is 19.0 Å². The maximum atomic E-state index is 13.1. The van der Waals surface area contributed by atoms with Crippen LogP contribution in [-0.4, -0.2) is 35.0 Å². The van der Waals surface area contributed by atoms with Crippen molar-refractivity contribution in [2.24, 2.45) is 5.92 Å². The zero-order valence-corrected chi connectivity index (χ0v) is 16.7. The summed E-state index contributed by atoms with van der Waals surface area (Å²) in [4.78, 5) is 25.9. The van der Waals surface area contributed by atoms with Gasteiger partial charge in [0.15, 0.2) is 5.82 Å². The standard InChI is InChI=1S/C19H19F6N3O3/c1-10(2)8-28(9-16(29)26-15-4-11(3)31-27-15)17(30)12-5-13(18(20,21)22)7-14(6-12)19(23,24)25/h4-7,10H,8-9H2,1-3H3,(H,26,27,29). The van der Waals surface area contributed by atoms with E-state index in [1.54, 1.807) is 20.8 Å². The van der Waals surface area contributed by atoms with Crippen molar-refractivity contribution in [3.63, 3.8) is 0 Å². The van der Waals surface area contributed by atoms with E-state index in [4.69, 9.17) is 4.52 Å². The summed E-state index contributed by atoms with van der Waals surface area (Å²) >= 11 is 0. The third-order valence-corrected chi connectivity index (χ3v) is 3.94. The molecule has 0 radical (unpaired) electrons. The van der Waals surface area contributed by atoms with Gasteiger partial charge in [-0.15, -0.1) is 0 Å². The van der Waals surface area contributed by atoms with Crippen LogP contribution in [0.4, 0.5) is 32.2 Å². The summed E-state index contributed by atoms with van der Waals surface area (Å²) in [5.74, 6) is -1.66. The van der Waals surface area contributed by atoms with Crippen molar-refractivity contribution in [1.29, 1.82) is 0 Å². The summed E-state index contributed by atoms with van der Waals surface area (Å²) in [5, 5.41) is 5.89. The average Bonchev–Trinajstić information content (AvgIpc) is 3.02. The quantitative estimate of drug-likeness (QED) is 0.643.